The van der Waals surface area contributed by atoms with Crippen LogP contribution in [0.5, 0.6) is 0 Å². The second-order valence-electron chi connectivity index (χ2n) is 7.03. The number of hydrogen-bond donors (Lipinski definition) is 1. The van der Waals surface area contributed by atoms with Crippen molar-refractivity contribution in [3.8, 4) is 0 Å². The van der Waals surface area contributed by atoms with Gasteiger partial charge in [-0.2, -0.15) is 0 Å². The second-order valence-corrected chi connectivity index (χ2v) is 7.03. The topological polar surface area (TPSA) is 15.3 Å². The van der Waals surface area contributed by atoms with Crippen molar-refractivity contribution in [2.24, 2.45) is 0 Å². The molecule has 1 fully saturated rings. The van der Waals surface area contributed by atoms with Crippen LogP contribution < -0.4 is 5.32 Å². The van der Waals surface area contributed by atoms with Crippen molar-refractivity contribution in [2.45, 2.75) is 58.0 Å². The lowest BCUT2D eigenvalue weighted by Gasteiger charge is -2.27. The van der Waals surface area contributed by atoms with Crippen LogP contribution in [0.2, 0.25) is 0 Å². The number of benzene rings is 1. The molecule has 2 nitrogen and oxygen atoms in total. The molecule has 0 radical (unpaired) electrons. The van der Waals surface area contributed by atoms with Gasteiger partial charge in [0.2, 0.25) is 0 Å². The van der Waals surface area contributed by atoms with Crippen LogP contribution in [0.4, 0.5) is 0 Å². The number of nitrogens with zero attached hydrogens (tertiary/aromatic N) is 1. The van der Waals surface area contributed by atoms with Crippen LogP contribution in [-0.4, -0.2) is 31.1 Å². The first-order valence-electron chi connectivity index (χ1n) is 7.97. The molecule has 1 atom stereocenters. The minimum atomic E-state index is 0.233. The molecular weight excluding hydrogens is 244 g/mol. The fourth-order valence-corrected chi connectivity index (χ4v) is 2.79. The molecule has 0 spiro atoms. The van der Waals surface area contributed by atoms with Gasteiger partial charge < -0.3 is 5.32 Å². The zero-order valence-corrected chi connectivity index (χ0v) is 13.7. The standard InChI is InChI=1S/C18H30N2/c1-6-20(16-11-12-16)13-17(19-5)14-7-9-15(10-8-14)18(2,3)4/h7-10,16-17,19H,6,11-13H2,1-5H3. The van der Waals surface area contributed by atoms with Crippen molar-refractivity contribution in [3.63, 3.8) is 0 Å². The van der Waals surface area contributed by atoms with Gasteiger partial charge in [-0.25, -0.2) is 0 Å². The van der Waals surface area contributed by atoms with Crippen molar-refractivity contribution in [1.82, 2.24) is 10.2 Å². The largest absolute Gasteiger partial charge is 0.312 e. The number of nitrogens with one attached hydrogen (secondary N) is 1. The van der Waals surface area contributed by atoms with E-state index in [0.29, 0.717) is 6.04 Å². The fourth-order valence-electron chi connectivity index (χ4n) is 2.79. The molecular formula is C18H30N2. The van der Waals surface area contributed by atoms with E-state index in [2.05, 4.69) is 69.2 Å². The lowest BCUT2D eigenvalue weighted by molar-refractivity contribution is 0.248. The lowest BCUT2D eigenvalue weighted by Crippen LogP contribution is -2.35. The Hall–Kier alpha value is -0.860. The van der Waals surface area contributed by atoms with Gasteiger partial charge in [0.1, 0.15) is 0 Å². The summed E-state index contributed by atoms with van der Waals surface area (Å²) >= 11 is 0. The predicted octanol–water partition coefficient (Wildman–Crippen LogP) is 3.73. The predicted molar refractivity (Wildman–Crippen MR) is 87.2 cm³/mol. The molecule has 1 aromatic rings. The molecule has 2 heteroatoms. The first-order valence-corrected chi connectivity index (χ1v) is 7.97. The molecule has 1 aliphatic carbocycles. The Morgan fingerprint density at radius 3 is 2.20 bits per heavy atom. The molecule has 1 saturated carbocycles. The molecule has 0 amide bonds. The van der Waals surface area contributed by atoms with Crippen molar-refractivity contribution < 1.29 is 0 Å². The van der Waals surface area contributed by atoms with E-state index in [-0.39, 0.29) is 5.41 Å². The summed E-state index contributed by atoms with van der Waals surface area (Å²) in [5, 5.41) is 3.48. The fraction of sp³-hybridized carbons (Fsp3) is 0.667. The van der Waals surface area contributed by atoms with E-state index in [4.69, 9.17) is 0 Å². The summed E-state index contributed by atoms with van der Waals surface area (Å²) in [7, 11) is 2.07. The normalized spacial score (nSPS) is 17.5. The van der Waals surface area contributed by atoms with Crippen LogP contribution in [0.3, 0.4) is 0 Å². The van der Waals surface area contributed by atoms with Crippen LogP contribution in [0.25, 0.3) is 0 Å². The van der Waals surface area contributed by atoms with Gasteiger partial charge in [0.15, 0.2) is 0 Å². The van der Waals surface area contributed by atoms with Crippen LogP contribution in [0.1, 0.15) is 57.7 Å². The quantitative estimate of drug-likeness (QED) is 0.850. The van der Waals surface area contributed by atoms with Crippen LogP contribution in [-0.2, 0) is 5.41 Å². The Morgan fingerprint density at radius 2 is 1.80 bits per heavy atom. The molecule has 1 N–H and O–H groups in total. The van der Waals surface area contributed by atoms with E-state index in [9.17, 15) is 0 Å². The molecule has 0 aliphatic heterocycles. The SMILES string of the molecule is CCN(CC(NC)c1ccc(C(C)(C)C)cc1)C1CC1. The molecule has 1 aromatic carbocycles. The van der Waals surface area contributed by atoms with Gasteiger partial charge in [0.05, 0.1) is 0 Å². The molecule has 0 heterocycles. The molecule has 0 bridgehead atoms. The van der Waals surface area contributed by atoms with Crippen LogP contribution >= 0.6 is 0 Å². The third kappa shape index (κ3) is 3.83. The Morgan fingerprint density at radius 1 is 1.20 bits per heavy atom. The summed E-state index contributed by atoms with van der Waals surface area (Å²) < 4.78 is 0. The smallest absolute Gasteiger partial charge is 0.0446 e. The summed E-state index contributed by atoms with van der Waals surface area (Å²) in [5.41, 5.74) is 3.04. The third-order valence-electron chi connectivity index (χ3n) is 4.41. The minimum Gasteiger partial charge on any atom is -0.312 e. The summed E-state index contributed by atoms with van der Waals surface area (Å²) in [5.74, 6) is 0. The highest BCUT2D eigenvalue weighted by molar-refractivity contribution is 5.29. The molecule has 1 unspecified atom stereocenters. The van der Waals surface area contributed by atoms with Crippen LogP contribution in [0, 0.1) is 0 Å². The van der Waals surface area contributed by atoms with Gasteiger partial charge in [-0.3, -0.25) is 4.90 Å². The number of hydrogen-bond acceptors (Lipinski definition) is 2. The van der Waals surface area contributed by atoms with Crippen LogP contribution in [0.15, 0.2) is 24.3 Å². The summed E-state index contributed by atoms with van der Waals surface area (Å²) in [4.78, 5) is 2.61. The van der Waals surface area contributed by atoms with E-state index in [1.165, 1.54) is 24.0 Å². The Bertz CT molecular complexity index is 412. The first-order chi connectivity index (χ1) is 9.45. The van der Waals surface area contributed by atoms with Gasteiger partial charge >= 0.3 is 0 Å². The summed E-state index contributed by atoms with van der Waals surface area (Å²) in [6.45, 7) is 11.3. The van der Waals surface area contributed by atoms with E-state index >= 15 is 0 Å². The van der Waals surface area contributed by atoms with Gasteiger partial charge in [-0.1, -0.05) is 52.0 Å². The van der Waals surface area contributed by atoms with Crippen molar-refractivity contribution in [1.29, 1.82) is 0 Å². The highest BCUT2D eigenvalue weighted by Gasteiger charge is 2.29. The van der Waals surface area contributed by atoms with Gasteiger partial charge in [-0.05, 0) is 43.0 Å². The minimum absolute atomic E-state index is 0.233. The molecule has 112 valence electrons. The highest BCUT2D eigenvalue weighted by atomic mass is 15.2. The maximum atomic E-state index is 3.48. The van der Waals surface area contributed by atoms with E-state index < -0.39 is 0 Å². The van der Waals surface area contributed by atoms with Crippen molar-refractivity contribution in [2.75, 3.05) is 20.1 Å². The van der Waals surface area contributed by atoms with Crippen molar-refractivity contribution >= 4 is 0 Å². The van der Waals surface area contributed by atoms with E-state index in [1.54, 1.807) is 0 Å². The maximum Gasteiger partial charge on any atom is 0.0446 e. The second kappa shape index (κ2) is 6.28. The number of rotatable bonds is 6. The summed E-state index contributed by atoms with van der Waals surface area (Å²) in [6, 6.07) is 10.4. The maximum absolute atomic E-state index is 3.48. The Kier molecular flexibility index (Phi) is 4.87. The zero-order valence-electron chi connectivity index (χ0n) is 13.7. The molecule has 20 heavy (non-hydrogen) atoms. The van der Waals surface area contributed by atoms with E-state index in [1.807, 2.05) is 0 Å². The molecule has 1 aliphatic rings. The third-order valence-corrected chi connectivity index (χ3v) is 4.41. The monoisotopic (exact) mass is 274 g/mol. The lowest BCUT2D eigenvalue weighted by atomic mass is 9.86. The van der Waals surface area contributed by atoms with Gasteiger partial charge in [-0.15, -0.1) is 0 Å². The Labute approximate surface area is 124 Å². The molecule has 2 rings (SSSR count). The average molecular weight is 274 g/mol. The highest BCUT2D eigenvalue weighted by Crippen LogP contribution is 2.29. The molecule has 0 aromatic heterocycles. The Balaban J connectivity index is 2.07. The summed E-state index contributed by atoms with van der Waals surface area (Å²) in [6.07, 6.45) is 2.76. The first kappa shape index (κ1) is 15.5. The van der Waals surface area contributed by atoms with Gasteiger partial charge in [0.25, 0.3) is 0 Å². The van der Waals surface area contributed by atoms with Crippen molar-refractivity contribution in [3.05, 3.63) is 35.4 Å². The zero-order chi connectivity index (χ0) is 14.8. The van der Waals surface area contributed by atoms with E-state index in [0.717, 1.165) is 19.1 Å². The number of likely N-dealkylation sites (N-methyl/N-ethyl adjacent to an activating group) is 2. The average Bonchev–Trinajstić information content (AvgIpc) is 3.24. The van der Waals surface area contributed by atoms with Gasteiger partial charge in [0, 0.05) is 18.6 Å². The molecule has 0 saturated heterocycles.